The highest BCUT2D eigenvalue weighted by atomic mass is 35.5. The number of carbonyl (C=O) groups excluding carboxylic acids is 1. The lowest BCUT2D eigenvalue weighted by atomic mass is 9.65. The number of rotatable bonds is 5. The Balaban J connectivity index is 0.000000532. The Hall–Kier alpha value is -3.18. The minimum absolute atomic E-state index is 0.0583. The van der Waals surface area contributed by atoms with Crippen LogP contribution >= 0.6 is 11.6 Å². The molecule has 3 N–H and O–H groups in total. The van der Waals surface area contributed by atoms with Gasteiger partial charge in [-0.2, -0.15) is 13.2 Å². The van der Waals surface area contributed by atoms with Crippen molar-refractivity contribution in [3.8, 4) is 11.5 Å². The molecule has 12 heteroatoms. The Morgan fingerprint density at radius 2 is 1.77 bits per heavy atom. The van der Waals surface area contributed by atoms with Gasteiger partial charge >= 0.3 is 18.2 Å². The molecule has 3 unspecified atom stereocenters. The number of likely N-dealkylation sites (tertiary alicyclic amines) is 1. The molecule has 1 aliphatic heterocycles. The van der Waals surface area contributed by atoms with Crippen molar-refractivity contribution in [1.82, 2.24) is 10.2 Å². The summed E-state index contributed by atoms with van der Waals surface area (Å²) in [5, 5.41) is 13.8. The molecule has 3 atom stereocenters. The fourth-order valence-corrected chi connectivity index (χ4v) is 5.64. The third kappa shape index (κ3) is 7.07. The van der Waals surface area contributed by atoms with Crippen molar-refractivity contribution in [2.75, 3.05) is 33.1 Å². The number of hydrogen-bond donors (Lipinski definition) is 3. The number of carboxylic acid groups (broad SMARTS) is 1. The van der Waals surface area contributed by atoms with E-state index in [4.69, 9.17) is 31.0 Å². The van der Waals surface area contributed by atoms with E-state index in [0.29, 0.717) is 16.8 Å². The smallest absolute Gasteiger partial charge is 0.490 e. The lowest BCUT2D eigenvalue weighted by Crippen LogP contribution is -2.52. The largest absolute Gasteiger partial charge is 0.493 e. The zero-order valence-corrected chi connectivity index (χ0v) is 22.9. The molecule has 2 fully saturated rings. The molecule has 0 aromatic heterocycles. The number of halogens is 4. The van der Waals surface area contributed by atoms with Gasteiger partial charge in [0.05, 0.1) is 24.9 Å². The molecule has 2 amide bonds. The number of carbonyl (C=O) groups is 2. The number of urea groups is 1. The maximum atomic E-state index is 12.7. The van der Waals surface area contributed by atoms with E-state index in [1.165, 1.54) is 5.56 Å². The molecule has 1 aliphatic carbocycles. The van der Waals surface area contributed by atoms with E-state index in [-0.39, 0.29) is 17.5 Å². The number of likely N-dealkylation sites (N-methyl/N-ethyl adjacent to an activating group) is 1. The Morgan fingerprint density at radius 1 is 1.10 bits per heavy atom. The van der Waals surface area contributed by atoms with Gasteiger partial charge in [-0.3, -0.25) is 0 Å². The quantitative estimate of drug-likeness (QED) is 0.431. The number of aliphatic carboxylic acids is 1. The molecule has 0 spiro atoms. The van der Waals surface area contributed by atoms with Gasteiger partial charge in [-0.05, 0) is 81.6 Å². The number of aryl methyl sites for hydroxylation is 1. The van der Waals surface area contributed by atoms with Gasteiger partial charge < -0.3 is 30.1 Å². The van der Waals surface area contributed by atoms with Crippen LogP contribution in [0.5, 0.6) is 11.5 Å². The molecule has 4 rings (SSSR count). The molecule has 39 heavy (non-hydrogen) atoms. The third-order valence-corrected chi connectivity index (χ3v) is 7.76. The van der Waals surface area contributed by atoms with Crippen LogP contribution < -0.4 is 20.1 Å². The van der Waals surface area contributed by atoms with Crippen LogP contribution in [0.3, 0.4) is 0 Å². The first-order valence-corrected chi connectivity index (χ1v) is 12.7. The van der Waals surface area contributed by atoms with Crippen LogP contribution in [0.2, 0.25) is 5.02 Å². The van der Waals surface area contributed by atoms with E-state index in [2.05, 4.69) is 34.7 Å². The lowest BCUT2D eigenvalue weighted by Gasteiger charge is -2.45. The number of amides is 2. The predicted molar refractivity (Wildman–Crippen MR) is 142 cm³/mol. The zero-order valence-electron chi connectivity index (χ0n) is 22.2. The van der Waals surface area contributed by atoms with Crippen LogP contribution in [0.1, 0.15) is 36.8 Å². The van der Waals surface area contributed by atoms with Crippen LogP contribution in [-0.2, 0) is 10.2 Å². The Labute approximate surface area is 230 Å². The van der Waals surface area contributed by atoms with Gasteiger partial charge in [-0.25, -0.2) is 9.59 Å². The second-order valence-corrected chi connectivity index (χ2v) is 10.2. The Bertz CT molecular complexity index is 1200. The van der Waals surface area contributed by atoms with Gasteiger partial charge in [0.2, 0.25) is 0 Å². The first-order valence-electron chi connectivity index (χ1n) is 12.4. The molecule has 1 saturated carbocycles. The molecule has 1 saturated heterocycles. The molecular weight excluding hydrogens is 539 g/mol. The van der Waals surface area contributed by atoms with Crippen LogP contribution in [0.15, 0.2) is 36.4 Å². The normalized spacial score (nSPS) is 22.7. The number of fused-ring (bicyclic) bond motifs is 1. The Morgan fingerprint density at radius 3 is 2.38 bits per heavy atom. The molecule has 8 nitrogen and oxygen atoms in total. The summed E-state index contributed by atoms with van der Waals surface area (Å²) in [6.45, 7) is 3.01. The van der Waals surface area contributed by atoms with Crippen molar-refractivity contribution in [3.05, 3.63) is 52.5 Å². The van der Waals surface area contributed by atoms with E-state index in [9.17, 15) is 18.0 Å². The molecule has 214 valence electrons. The molecule has 2 aromatic rings. The third-order valence-electron chi connectivity index (χ3n) is 7.43. The topological polar surface area (TPSA) is 100 Å². The first kappa shape index (κ1) is 30.4. The number of alkyl halides is 3. The molecule has 2 aromatic carbocycles. The number of carboxylic acids is 1. The molecule has 2 aliphatic rings. The Kier molecular flexibility index (Phi) is 9.60. The second kappa shape index (κ2) is 12.3. The minimum atomic E-state index is -5.08. The summed E-state index contributed by atoms with van der Waals surface area (Å²) >= 11 is 6.24. The van der Waals surface area contributed by atoms with Crippen LogP contribution in [-0.4, -0.2) is 68.1 Å². The van der Waals surface area contributed by atoms with Gasteiger partial charge in [-0.15, -0.1) is 0 Å². The average Bonchev–Trinajstić information content (AvgIpc) is 3.22. The van der Waals surface area contributed by atoms with E-state index in [1.807, 2.05) is 25.1 Å². The monoisotopic (exact) mass is 571 g/mol. The van der Waals surface area contributed by atoms with Gasteiger partial charge in [-0.1, -0.05) is 23.7 Å². The predicted octanol–water partition coefficient (Wildman–Crippen LogP) is 5.62. The van der Waals surface area contributed by atoms with Crippen LogP contribution in [0.4, 0.5) is 23.7 Å². The van der Waals surface area contributed by atoms with Gasteiger partial charge in [0.1, 0.15) is 0 Å². The highest BCUT2D eigenvalue weighted by Gasteiger charge is 2.50. The maximum absolute atomic E-state index is 12.7. The minimum Gasteiger partial charge on any atom is -0.493 e. The fourth-order valence-electron chi connectivity index (χ4n) is 5.47. The number of nitrogens with zero attached hydrogens (tertiary/aromatic N) is 1. The summed E-state index contributed by atoms with van der Waals surface area (Å²) in [7, 11) is 5.52. The van der Waals surface area contributed by atoms with Crippen LogP contribution in [0.25, 0.3) is 0 Å². The van der Waals surface area contributed by atoms with Crippen molar-refractivity contribution in [2.24, 2.45) is 0 Å². The van der Waals surface area contributed by atoms with Gasteiger partial charge in [0.25, 0.3) is 0 Å². The number of hydrogen-bond acceptors (Lipinski definition) is 5. The highest BCUT2D eigenvalue weighted by Crippen LogP contribution is 2.49. The number of benzene rings is 2. The number of methoxy groups -OCH3 is 2. The maximum Gasteiger partial charge on any atom is 0.490 e. The van der Waals surface area contributed by atoms with E-state index in [0.717, 1.165) is 49.3 Å². The molecule has 1 heterocycles. The summed E-state index contributed by atoms with van der Waals surface area (Å²) in [5.74, 6) is -1.24. The van der Waals surface area contributed by atoms with Crippen molar-refractivity contribution in [1.29, 1.82) is 0 Å². The first-order chi connectivity index (χ1) is 18.3. The SMILES string of the molecule is COc1ccc(C23CCC(NC(=O)Nc4cc(C)ccc4Cl)CC2N(C)CC3)cc1OC.O=C(O)C(F)(F)F. The zero-order chi connectivity index (χ0) is 29.0. The molecular formula is C27H33ClF3N3O5. The number of anilines is 1. The summed E-state index contributed by atoms with van der Waals surface area (Å²) < 4.78 is 42.7. The van der Waals surface area contributed by atoms with E-state index >= 15 is 0 Å². The van der Waals surface area contributed by atoms with Crippen molar-refractivity contribution >= 4 is 29.3 Å². The van der Waals surface area contributed by atoms with Gasteiger partial charge in [0, 0.05) is 17.5 Å². The lowest BCUT2D eigenvalue weighted by molar-refractivity contribution is -0.192. The summed E-state index contributed by atoms with van der Waals surface area (Å²) in [4.78, 5) is 24.0. The fraction of sp³-hybridized carbons (Fsp3) is 0.481. The summed E-state index contributed by atoms with van der Waals surface area (Å²) in [6, 6.07) is 12.2. The van der Waals surface area contributed by atoms with E-state index < -0.39 is 12.1 Å². The number of nitrogens with one attached hydrogen (secondary N) is 2. The summed E-state index contributed by atoms with van der Waals surface area (Å²) in [6.07, 6.45) is -1.15. The highest BCUT2D eigenvalue weighted by molar-refractivity contribution is 6.33. The van der Waals surface area contributed by atoms with Gasteiger partial charge in [0.15, 0.2) is 11.5 Å². The summed E-state index contributed by atoms with van der Waals surface area (Å²) in [5.41, 5.74) is 3.04. The number of ether oxygens (including phenoxy) is 2. The van der Waals surface area contributed by atoms with Crippen molar-refractivity contribution in [2.45, 2.75) is 56.3 Å². The van der Waals surface area contributed by atoms with Crippen molar-refractivity contribution in [3.63, 3.8) is 0 Å². The molecule has 0 radical (unpaired) electrons. The second-order valence-electron chi connectivity index (χ2n) is 9.83. The van der Waals surface area contributed by atoms with Crippen molar-refractivity contribution < 1.29 is 37.3 Å². The van der Waals surface area contributed by atoms with E-state index in [1.54, 1.807) is 20.3 Å². The standard InChI is InChI=1S/C25H32ClN3O3.C2HF3O2/c1-16-5-7-19(26)20(13-16)28-24(30)27-18-9-10-25(11-12-29(2)23(25)15-18)17-6-8-21(31-3)22(14-17)32-4;3-2(4,5)1(6)7/h5-8,13-14,18,23H,9-12,15H2,1-4H3,(H2,27,28,30);(H,6,7). The molecule has 0 bridgehead atoms. The van der Waals surface area contributed by atoms with Crippen LogP contribution in [0, 0.1) is 6.92 Å². The average molecular weight is 572 g/mol.